The summed E-state index contributed by atoms with van der Waals surface area (Å²) in [5.41, 5.74) is 1.29. The molecule has 2 rings (SSSR count). The van der Waals surface area contributed by atoms with Crippen molar-refractivity contribution in [3.05, 3.63) is 70.2 Å². The number of amides is 1. The number of ketones is 1. The molecule has 1 atom stereocenters. The average molecular weight is 316 g/mol. The second kappa shape index (κ2) is 7.23. The normalized spacial score (nSPS) is 11.8. The Morgan fingerprint density at radius 2 is 1.64 bits per heavy atom. The van der Waals surface area contributed by atoms with Gasteiger partial charge >= 0.3 is 0 Å². The van der Waals surface area contributed by atoms with Crippen LogP contribution in [0.3, 0.4) is 0 Å². The lowest BCUT2D eigenvalue weighted by atomic mass is 9.97. The average Bonchev–Trinajstić information content (AvgIpc) is 2.54. The van der Waals surface area contributed by atoms with E-state index in [9.17, 15) is 9.59 Å². The van der Waals surface area contributed by atoms with Gasteiger partial charge in [-0.1, -0.05) is 36.7 Å². The first-order valence-corrected chi connectivity index (χ1v) is 7.61. The number of carbonyl (C=O) groups is 2. The zero-order valence-corrected chi connectivity index (χ0v) is 13.4. The van der Waals surface area contributed by atoms with E-state index in [1.54, 1.807) is 48.5 Å². The van der Waals surface area contributed by atoms with Crippen molar-refractivity contribution < 1.29 is 9.59 Å². The molecule has 22 heavy (non-hydrogen) atoms. The molecule has 2 aromatic carbocycles. The molecule has 114 valence electrons. The van der Waals surface area contributed by atoms with Gasteiger partial charge in [0.05, 0.1) is 5.56 Å². The molecule has 3 nitrogen and oxygen atoms in total. The van der Waals surface area contributed by atoms with Crippen LogP contribution in [0.4, 0.5) is 0 Å². The topological polar surface area (TPSA) is 46.2 Å². The van der Waals surface area contributed by atoms with E-state index in [0.29, 0.717) is 21.7 Å². The summed E-state index contributed by atoms with van der Waals surface area (Å²) in [6.45, 7) is 3.93. The molecular weight excluding hydrogens is 298 g/mol. The monoisotopic (exact) mass is 315 g/mol. The molecule has 0 radical (unpaired) electrons. The van der Waals surface area contributed by atoms with E-state index in [4.69, 9.17) is 11.6 Å². The van der Waals surface area contributed by atoms with E-state index >= 15 is 0 Å². The molecule has 0 aliphatic carbocycles. The fourth-order valence-corrected chi connectivity index (χ4v) is 2.17. The number of hydrogen-bond acceptors (Lipinski definition) is 2. The van der Waals surface area contributed by atoms with Gasteiger partial charge in [0.1, 0.15) is 0 Å². The second-order valence-electron chi connectivity index (χ2n) is 5.16. The van der Waals surface area contributed by atoms with Crippen molar-refractivity contribution >= 4 is 23.3 Å². The first-order chi connectivity index (χ1) is 10.5. The Morgan fingerprint density at radius 1 is 1.05 bits per heavy atom. The SMILES string of the molecule is CC[C@@H](C)NC(=O)c1ccccc1C(=O)c1ccc(Cl)cc1. The minimum absolute atomic E-state index is 0.0613. The largest absolute Gasteiger partial charge is 0.350 e. The maximum atomic E-state index is 12.6. The highest BCUT2D eigenvalue weighted by molar-refractivity contribution is 6.30. The lowest BCUT2D eigenvalue weighted by Gasteiger charge is -2.13. The van der Waals surface area contributed by atoms with Crippen LogP contribution in [0.25, 0.3) is 0 Å². The van der Waals surface area contributed by atoms with Crippen molar-refractivity contribution in [1.29, 1.82) is 0 Å². The summed E-state index contributed by atoms with van der Waals surface area (Å²) in [7, 11) is 0. The molecule has 0 saturated carbocycles. The molecule has 0 fully saturated rings. The molecule has 1 amide bonds. The van der Waals surface area contributed by atoms with Gasteiger partial charge in [-0.15, -0.1) is 0 Å². The predicted molar refractivity (Wildman–Crippen MR) is 88.5 cm³/mol. The van der Waals surface area contributed by atoms with Gasteiger partial charge in [-0.05, 0) is 43.7 Å². The maximum absolute atomic E-state index is 12.6. The molecule has 0 heterocycles. The summed E-state index contributed by atoms with van der Waals surface area (Å²) >= 11 is 5.84. The molecule has 0 bridgehead atoms. The van der Waals surface area contributed by atoms with Crippen LogP contribution in [0, 0.1) is 0 Å². The van der Waals surface area contributed by atoms with Gasteiger partial charge < -0.3 is 5.32 Å². The highest BCUT2D eigenvalue weighted by Gasteiger charge is 2.18. The summed E-state index contributed by atoms with van der Waals surface area (Å²) < 4.78 is 0. The van der Waals surface area contributed by atoms with Gasteiger partial charge in [-0.2, -0.15) is 0 Å². The van der Waals surface area contributed by atoms with Gasteiger partial charge in [-0.25, -0.2) is 0 Å². The van der Waals surface area contributed by atoms with E-state index in [1.165, 1.54) is 0 Å². The molecule has 0 unspecified atom stereocenters. The Hall–Kier alpha value is -2.13. The molecular formula is C18H18ClNO2. The van der Waals surface area contributed by atoms with E-state index in [0.717, 1.165) is 6.42 Å². The van der Waals surface area contributed by atoms with Gasteiger partial charge in [0.25, 0.3) is 5.91 Å². The molecule has 0 aliphatic rings. The van der Waals surface area contributed by atoms with Crippen LogP contribution in [-0.4, -0.2) is 17.7 Å². The van der Waals surface area contributed by atoms with E-state index in [-0.39, 0.29) is 17.7 Å². The maximum Gasteiger partial charge on any atom is 0.252 e. The van der Waals surface area contributed by atoms with Crippen LogP contribution in [-0.2, 0) is 0 Å². The van der Waals surface area contributed by atoms with E-state index < -0.39 is 0 Å². The van der Waals surface area contributed by atoms with Crippen molar-refractivity contribution in [2.24, 2.45) is 0 Å². The number of rotatable bonds is 5. The Labute approximate surface area is 135 Å². The van der Waals surface area contributed by atoms with Crippen molar-refractivity contribution in [2.75, 3.05) is 0 Å². The van der Waals surface area contributed by atoms with Gasteiger partial charge in [0.15, 0.2) is 5.78 Å². The molecule has 4 heteroatoms. The third-order valence-corrected chi connectivity index (χ3v) is 3.76. The number of halogens is 1. The first kappa shape index (κ1) is 16.2. The van der Waals surface area contributed by atoms with Gasteiger partial charge in [-0.3, -0.25) is 9.59 Å². The summed E-state index contributed by atoms with van der Waals surface area (Å²) in [5.74, 6) is -0.418. The fourth-order valence-electron chi connectivity index (χ4n) is 2.04. The lowest BCUT2D eigenvalue weighted by molar-refractivity contribution is 0.0929. The van der Waals surface area contributed by atoms with Crippen LogP contribution < -0.4 is 5.32 Å². The van der Waals surface area contributed by atoms with Crippen molar-refractivity contribution in [3.63, 3.8) is 0 Å². The molecule has 0 aromatic heterocycles. The fraction of sp³-hybridized carbons (Fsp3) is 0.222. The summed E-state index contributed by atoms with van der Waals surface area (Å²) in [6.07, 6.45) is 0.832. The molecule has 0 saturated heterocycles. The van der Waals surface area contributed by atoms with Crippen molar-refractivity contribution in [3.8, 4) is 0 Å². The lowest BCUT2D eigenvalue weighted by Crippen LogP contribution is -2.33. The Balaban J connectivity index is 2.33. The quantitative estimate of drug-likeness (QED) is 0.844. The van der Waals surface area contributed by atoms with Crippen molar-refractivity contribution in [1.82, 2.24) is 5.32 Å². The highest BCUT2D eigenvalue weighted by Crippen LogP contribution is 2.17. The third kappa shape index (κ3) is 3.74. The second-order valence-corrected chi connectivity index (χ2v) is 5.60. The summed E-state index contributed by atoms with van der Waals surface area (Å²) in [6, 6.07) is 13.6. The first-order valence-electron chi connectivity index (χ1n) is 7.23. The molecule has 2 aromatic rings. The van der Waals surface area contributed by atoms with Gasteiger partial charge in [0.2, 0.25) is 0 Å². The number of nitrogens with one attached hydrogen (secondary N) is 1. The number of benzene rings is 2. The van der Waals surface area contributed by atoms with Crippen LogP contribution in [0.1, 0.15) is 46.5 Å². The zero-order chi connectivity index (χ0) is 16.1. The van der Waals surface area contributed by atoms with Crippen LogP contribution in [0.2, 0.25) is 5.02 Å². The minimum Gasteiger partial charge on any atom is -0.350 e. The highest BCUT2D eigenvalue weighted by atomic mass is 35.5. The Kier molecular flexibility index (Phi) is 5.34. The zero-order valence-electron chi connectivity index (χ0n) is 12.6. The molecule has 1 N–H and O–H groups in total. The molecule has 0 aliphatic heterocycles. The van der Waals surface area contributed by atoms with Crippen LogP contribution in [0.15, 0.2) is 48.5 Å². The minimum atomic E-state index is -0.229. The Morgan fingerprint density at radius 3 is 2.23 bits per heavy atom. The summed E-state index contributed by atoms with van der Waals surface area (Å²) in [5, 5.41) is 3.46. The molecule has 0 spiro atoms. The van der Waals surface area contributed by atoms with Gasteiger partial charge in [0, 0.05) is 22.2 Å². The third-order valence-electron chi connectivity index (χ3n) is 3.51. The predicted octanol–water partition coefficient (Wildman–Crippen LogP) is 4.10. The number of hydrogen-bond donors (Lipinski definition) is 1. The van der Waals surface area contributed by atoms with Crippen LogP contribution >= 0.6 is 11.6 Å². The Bertz CT molecular complexity index is 680. The standard InChI is InChI=1S/C18H18ClNO2/c1-3-12(2)20-18(22)16-7-5-4-6-15(16)17(21)13-8-10-14(19)11-9-13/h4-12H,3H2,1-2H3,(H,20,22)/t12-/m1/s1. The summed E-state index contributed by atoms with van der Waals surface area (Å²) in [4.78, 5) is 25.0. The number of carbonyl (C=O) groups excluding carboxylic acids is 2. The van der Waals surface area contributed by atoms with Crippen molar-refractivity contribution in [2.45, 2.75) is 26.3 Å². The smallest absolute Gasteiger partial charge is 0.252 e. The van der Waals surface area contributed by atoms with Crippen LogP contribution in [0.5, 0.6) is 0 Å². The van der Waals surface area contributed by atoms with E-state index in [1.807, 2.05) is 13.8 Å². The van der Waals surface area contributed by atoms with E-state index in [2.05, 4.69) is 5.32 Å².